The number of amides is 1. The first-order valence-electron chi connectivity index (χ1n) is 10.5. The molecule has 2 aromatic carbocycles. The highest BCUT2D eigenvalue weighted by Gasteiger charge is 2.22. The number of hydrogen-bond donors (Lipinski definition) is 0. The molecule has 0 spiro atoms. The van der Waals surface area contributed by atoms with Crippen molar-refractivity contribution in [2.45, 2.75) is 38.0 Å². The van der Waals surface area contributed by atoms with E-state index in [-0.39, 0.29) is 0 Å². The molecule has 0 radical (unpaired) electrons. The summed E-state index contributed by atoms with van der Waals surface area (Å²) in [4.78, 5) is 19.8. The number of fused-ring (bicyclic) bond motifs is 1. The summed E-state index contributed by atoms with van der Waals surface area (Å²) in [6.07, 6.45) is 4.76. The molecule has 0 N–H and O–H groups in total. The molecular weight excluding hydrogens is 376 g/mol. The van der Waals surface area contributed by atoms with Gasteiger partial charge < -0.3 is 4.90 Å². The first kappa shape index (κ1) is 20.0. The zero-order valence-electron chi connectivity index (χ0n) is 17.2. The van der Waals surface area contributed by atoms with Gasteiger partial charge >= 0.3 is 0 Å². The first-order valence-corrected chi connectivity index (χ1v) is 11.5. The van der Waals surface area contributed by atoms with Gasteiger partial charge in [0.25, 0.3) is 0 Å². The number of benzene rings is 2. The van der Waals surface area contributed by atoms with Gasteiger partial charge in [-0.2, -0.15) is 0 Å². The summed E-state index contributed by atoms with van der Waals surface area (Å²) in [5, 5.41) is 1.23. The molecule has 3 nitrogen and oxygen atoms in total. The number of pyridine rings is 1. The molecule has 0 bridgehead atoms. The van der Waals surface area contributed by atoms with Gasteiger partial charge in [0.15, 0.2) is 0 Å². The summed E-state index contributed by atoms with van der Waals surface area (Å²) in [5.74, 6) is 2.07. The first-order chi connectivity index (χ1) is 14.1. The molecule has 1 fully saturated rings. The number of aromatic nitrogens is 1. The van der Waals surface area contributed by atoms with E-state index in [0.29, 0.717) is 18.2 Å². The van der Waals surface area contributed by atoms with Gasteiger partial charge in [0, 0.05) is 41.7 Å². The normalized spacial score (nSPS) is 15.0. The molecule has 1 amide bonds. The lowest BCUT2D eigenvalue weighted by Gasteiger charge is -2.31. The highest BCUT2D eigenvalue weighted by molar-refractivity contribution is 7.99. The quantitative estimate of drug-likeness (QED) is 0.493. The van der Waals surface area contributed by atoms with Crippen molar-refractivity contribution in [1.82, 2.24) is 9.88 Å². The van der Waals surface area contributed by atoms with E-state index in [1.54, 1.807) is 0 Å². The molecule has 150 valence electrons. The second-order valence-corrected chi connectivity index (χ2v) is 8.96. The zero-order valence-corrected chi connectivity index (χ0v) is 18.0. The maximum atomic E-state index is 11.9. The van der Waals surface area contributed by atoms with Crippen LogP contribution in [-0.2, 0) is 4.79 Å². The van der Waals surface area contributed by atoms with E-state index in [4.69, 9.17) is 0 Å². The van der Waals surface area contributed by atoms with E-state index < -0.39 is 0 Å². The van der Waals surface area contributed by atoms with Crippen molar-refractivity contribution < 1.29 is 4.79 Å². The Labute approximate surface area is 177 Å². The van der Waals surface area contributed by atoms with Gasteiger partial charge in [-0.25, -0.2) is 0 Å². The van der Waals surface area contributed by atoms with Gasteiger partial charge in [-0.3, -0.25) is 9.78 Å². The summed E-state index contributed by atoms with van der Waals surface area (Å²) in [6, 6.07) is 17.4. The van der Waals surface area contributed by atoms with E-state index in [0.717, 1.165) is 37.2 Å². The molecule has 3 aromatic rings. The second-order valence-electron chi connectivity index (χ2n) is 7.90. The van der Waals surface area contributed by atoms with Crippen molar-refractivity contribution in [2.75, 3.05) is 18.8 Å². The molecular formula is C25H28N2OS. The van der Waals surface area contributed by atoms with Gasteiger partial charge in [0.2, 0.25) is 5.91 Å². The van der Waals surface area contributed by atoms with Crippen LogP contribution in [0.3, 0.4) is 0 Å². The Bertz CT molecular complexity index is 991. The highest BCUT2D eigenvalue weighted by atomic mass is 32.2. The lowest BCUT2D eigenvalue weighted by molar-refractivity contribution is -0.132. The van der Waals surface area contributed by atoms with Crippen LogP contribution < -0.4 is 0 Å². The SMILES string of the molecule is CCC(=O)N1CCC(CSc2ccnc3cc(-c4ccc(C)cc4)ccc23)CC1. The molecule has 0 unspecified atom stereocenters. The van der Waals surface area contributed by atoms with Crippen molar-refractivity contribution in [3.05, 3.63) is 60.3 Å². The summed E-state index contributed by atoms with van der Waals surface area (Å²) in [5.41, 5.74) is 4.76. The number of rotatable bonds is 5. The van der Waals surface area contributed by atoms with Gasteiger partial charge in [0.05, 0.1) is 5.52 Å². The standard InChI is InChI=1S/C25H28N2OS/c1-3-25(28)27-14-11-19(12-15-27)17-29-24-10-13-26-23-16-21(8-9-22(23)24)20-6-4-18(2)5-7-20/h4-10,13,16,19H,3,11-12,14-15,17H2,1-2H3. The number of likely N-dealkylation sites (tertiary alicyclic amines) is 1. The van der Waals surface area contributed by atoms with E-state index >= 15 is 0 Å². The number of carbonyl (C=O) groups is 1. The number of piperidine rings is 1. The smallest absolute Gasteiger partial charge is 0.222 e. The van der Waals surface area contributed by atoms with Crippen molar-refractivity contribution in [1.29, 1.82) is 0 Å². The minimum atomic E-state index is 0.292. The topological polar surface area (TPSA) is 33.2 Å². The lowest BCUT2D eigenvalue weighted by Crippen LogP contribution is -2.38. The Morgan fingerprint density at radius 2 is 1.79 bits per heavy atom. The van der Waals surface area contributed by atoms with Crippen LogP contribution in [0.1, 0.15) is 31.7 Å². The van der Waals surface area contributed by atoms with E-state index in [1.165, 1.54) is 27.0 Å². The Kier molecular flexibility index (Phi) is 6.19. The number of thioether (sulfide) groups is 1. The molecule has 1 aliphatic heterocycles. The Morgan fingerprint density at radius 1 is 1.07 bits per heavy atom. The van der Waals surface area contributed by atoms with E-state index in [1.807, 2.05) is 29.8 Å². The molecule has 0 atom stereocenters. The van der Waals surface area contributed by atoms with Crippen LogP contribution in [0.5, 0.6) is 0 Å². The van der Waals surface area contributed by atoms with Gasteiger partial charge in [-0.05, 0) is 48.9 Å². The number of carbonyl (C=O) groups excluding carboxylic acids is 1. The van der Waals surface area contributed by atoms with Crippen LogP contribution in [0, 0.1) is 12.8 Å². The summed E-state index contributed by atoms with van der Waals surface area (Å²) >= 11 is 1.93. The largest absolute Gasteiger partial charge is 0.343 e. The molecule has 29 heavy (non-hydrogen) atoms. The lowest BCUT2D eigenvalue weighted by atomic mass is 9.99. The van der Waals surface area contributed by atoms with Gasteiger partial charge in [-0.15, -0.1) is 11.8 Å². The minimum Gasteiger partial charge on any atom is -0.343 e. The predicted octanol–water partition coefficient (Wildman–Crippen LogP) is 5.95. The van der Waals surface area contributed by atoms with Crippen LogP contribution in [0.25, 0.3) is 22.0 Å². The fourth-order valence-electron chi connectivity index (χ4n) is 3.95. The van der Waals surface area contributed by atoms with Crippen LogP contribution in [0.2, 0.25) is 0 Å². The van der Waals surface area contributed by atoms with Crippen LogP contribution in [0.4, 0.5) is 0 Å². The maximum Gasteiger partial charge on any atom is 0.222 e. The van der Waals surface area contributed by atoms with Crippen molar-refractivity contribution in [3.63, 3.8) is 0 Å². The predicted molar refractivity (Wildman–Crippen MR) is 122 cm³/mol. The molecule has 0 saturated carbocycles. The van der Waals surface area contributed by atoms with Crippen LogP contribution >= 0.6 is 11.8 Å². The molecule has 4 rings (SSSR count). The minimum absolute atomic E-state index is 0.292. The fourth-order valence-corrected chi connectivity index (χ4v) is 5.19. The zero-order chi connectivity index (χ0) is 20.2. The van der Waals surface area contributed by atoms with Crippen molar-refractivity contribution in [2.24, 2.45) is 5.92 Å². The summed E-state index contributed by atoms with van der Waals surface area (Å²) in [6.45, 7) is 5.88. The average Bonchev–Trinajstić information content (AvgIpc) is 2.77. The van der Waals surface area contributed by atoms with Crippen molar-refractivity contribution >= 4 is 28.6 Å². The molecule has 0 aliphatic carbocycles. The Balaban J connectivity index is 1.44. The van der Waals surface area contributed by atoms with Crippen molar-refractivity contribution in [3.8, 4) is 11.1 Å². The van der Waals surface area contributed by atoms with Gasteiger partial charge in [-0.1, -0.05) is 48.9 Å². The van der Waals surface area contributed by atoms with Crippen LogP contribution in [0.15, 0.2) is 59.6 Å². The maximum absolute atomic E-state index is 11.9. The Hall–Kier alpha value is -2.33. The monoisotopic (exact) mass is 404 g/mol. The van der Waals surface area contributed by atoms with E-state index in [2.05, 4.69) is 60.4 Å². The van der Waals surface area contributed by atoms with E-state index in [9.17, 15) is 4.79 Å². The second kappa shape index (κ2) is 9.00. The third-order valence-corrected chi connectivity index (χ3v) is 7.14. The molecule has 1 aliphatic rings. The number of hydrogen-bond acceptors (Lipinski definition) is 3. The summed E-state index contributed by atoms with van der Waals surface area (Å²) in [7, 11) is 0. The third kappa shape index (κ3) is 4.64. The van der Waals surface area contributed by atoms with Crippen LogP contribution in [-0.4, -0.2) is 34.6 Å². The number of aryl methyl sites for hydroxylation is 1. The summed E-state index contributed by atoms with van der Waals surface area (Å²) < 4.78 is 0. The molecule has 4 heteroatoms. The molecule has 1 saturated heterocycles. The molecule has 2 heterocycles. The highest BCUT2D eigenvalue weighted by Crippen LogP contribution is 2.33. The fraction of sp³-hybridized carbons (Fsp3) is 0.360. The Morgan fingerprint density at radius 3 is 2.52 bits per heavy atom. The number of nitrogens with zero attached hydrogens (tertiary/aromatic N) is 2. The molecule has 1 aromatic heterocycles. The van der Waals surface area contributed by atoms with Gasteiger partial charge in [0.1, 0.15) is 0 Å². The average molecular weight is 405 g/mol. The third-order valence-electron chi connectivity index (χ3n) is 5.83.